The van der Waals surface area contributed by atoms with Gasteiger partial charge in [-0.2, -0.15) is 0 Å². The van der Waals surface area contributed by atoms with Gasteiger partial charge in [0, 0.05) is 6.04 Å². The highest BCUT2D eigenvalue weighted by molar-refractivity contribution is 7.62. The Kier molecular flexibility index (Phi) is 8.60. The van der Waals surface area contributed by atoms with E-state index in [4.69, 9.17) is 4.74 Å². The number of phosphoric ester groups is 1. The van der Waals surface area contributed by atoms with Gasteiger partial charge in [-0.05, 0) is 19.9 Å². The van der Waals surface area contributed by atoms with Gasteiger partial charge in [0.15, 0.2) is 30.8 Å². The molecule has 2 aromatic heterocycles. The number of phosphoric acid groups is 1. The summed E-state index contributed by atoms with van der Waals surface area (Å²) in [6.07, 6.45) is -0.288. The summed E-state index contributed by atoms with van der Waals surface area (Å²) in [5.74, 6) is 0.111. The molecule has 2 amide bonds. The first-order valence-electron chi connectivity index (χ1n) is 11.4. The largest absolute Gasteiger partial charge is 0.777 e. The van der Waals surface area contributed by atoms with Gasteiger partial charge >= 0.3 is 6.03 Å². The third kappa shape index (κ3) is 6.70. The molecule has 1 saturated heterocycles. The van der Waals surface area contributed by atoms with E-state index in [-0.39, 0.29) is 23.0 Å². The zero-order valence-corrected chi connectivity index (χ0v) is 21.4. The summed E-state index contributed by atoms with van der Waals surface area (Å²) in [5.41, 5.74) is 0.337. The first-order valence-corrected chi connectivity index (χ1v) is 14.6. The summed E-state index contributed by atoms with van der Waals surface area (Å²) in [5, 5.41) is 28.6. The number of aliphatic hydroxyl groups is 2. The zero-order chi connectivity index (χ0) is 26.8. The minimum Gasteiger partial charge on any atom is -0.777 e. The number of imidazole rings is 1. The average molecular weight is 563 g/mol. The van der Waals surface area contributed by atoms with Crippen molar-refractivity contribution in [2.75, 3.05) is 25.3 Å². The molecule has 0 bridgehead atoms. The van der Waals surface area contributed by atoms with E-state index in [1.54, 1.807) is 0 Å². The van der Waals surface area contributed by atoms with Crippen LogP contribution in [0, 0.1) is 0 Å². The molecule has 0 aromatic carbocycles. The van der Waals surface area contributed by atoms with Crippen LogP contribution in [-0.4, -0.2) is 80.1 Å². The number of aliphatic hydroxyl groups excluding tert-OH is 2. The van der Waals surface area contributed by atoms with E-state index in [1.807, 2.05) is 0 Å². The number of rotatable bonds is 10. The topological polar surface area (TPSA) is 245 Å². The van der Waals surface area contributed by atoms with Crippen molar-refractivity contribution in [3.63, 3.8) is 0 Å². The SMILES string of the molecule is CNCP(=O)([O-])OP(=O)([O-])OC[C@H]1O[C@@H](n2cnc3c(NC(=O)NC4CCCC4)ncnc32)[C@@H](O)C1O. The van der Waals surface area contributed by atoms with Crippen molar-refractivity contribution >= 4 is 38.4 Å². The van der Waals surface area contributed by atoms with Gasteiger partial charge in [0.05, 0.1) is 19.2 Å². The minimum atomic E-state index is -5.32. The van der Waals surface area contributed by atoms with Crippen LogP contribution < -0.4 is 25.7 Å². The highest BCUT2D eigenvalue weighted by Gasteiger charge is 2.45. The quantitative estimate of drug-likeness (QED) is 0.212. The molecule has 5 N–H and O–H groups in total. The molecule has 1 saturated carbocycles. The summed E-state index contributed by atoms with van der Waals surface area (Å²) in [6, 6.07) is -0.371. The summed E-state index contributed by atoms with van der Waals surface area (Å²) in [4.78, 5) is 48.2. The fraction of sp³-hybridized carbons (Fsp3) is 0.667. The summed E-state index contributed by atoms with van der Waals surface area (Å²) >= 11 is 0. The van der Waals surface area contributed by atoms with Crippen LogP contribution in [0.25, 0.3) is 11.2 Å². The van der Waals surface area contributed by atoms with E-state index in [0.717, 1.165) is 25.7 Å². The molecule has 1 aliphatic carbocycles. The van der Waals surface area contributed by atoms with Crippen LogP contribution in [0.3, 0.4) is 0 Å². The van der Waals surface area contributed by atoms with Crippen LogP contribution in [0.2, 0.25) is 0 Å². The van der Waals surface area contributed by atoms with Crippen molar-refractivity contribution in [3.8, 4) is 0 Å². The van der Waals surface area contributed by atoms with Gasteiger partial charge < -0.3 is 44.5 Å². The van der Waals surface area contributed by atoms with Crippen LogP contribution in [0.5, 0.6) is 0 Å². The summed E-state index contributed by atoms with van der Waals surface area (Å²) < 4.78 is 39.0. The van der Waals surface area contributed by atoms with Gasteiger partial charge in [-0.3, -0.25) is 18.8 Å². The molecule has 2 fully saturated rings. The molecule has 3 heterocycles. The first-order chi connectivity index (χ1) is 17.5. The smallest absolute Gasteiger partial charge is 0.320 e. The normalized spacial score (nSPS) is 27.7. The molecular weight excluding hydrogens is 536 g/mol. The molecule has 0 radical (unpaired) electrons. The summed E-state index contributed by atoms with van der Waals surface area (Å²) in [7, 11) is -8.82. The third-order valence-corrected chi connectivity index (χ3v) is 8.83. The molecular formula is C18H27N7O10P2-2. The van der Waals surface area contributed by atoms with Gasteiger partial charge in [-0.25, -0.2) is 19.7 Å². The Morgan fingerprint density at radius 2 is 1.95 bits per heavy atom. The van der Waals surface area contributed by atoms with Gasteiger partial charge in [0.1, 0.15) is 24.6 Å². The predicted octanol–water partition coefficient (Wildman–Crippen LogP) is -1.26. The molecule has 2 aliphatic rings. The maximum Gasteiger partial charge on any atom is 0.320 e. The maximum atomic E-state index is 12.4. The second-order valence-electron chi connectivity index (χ2n) is 8.62. The van der Waals surface area contributed by atoms with E-state index in [1.165, 1.54) is 24.3 Å². The highest BCUT2D eigenvalue weighted by Crippen LogP contribution is 2.54. The minimum absolute atomic E-state index is 0.0799. The number of anilines is 1. The molecule has 1 aliphatic heterocycles. The number of aromatic nitrogens is 4. The van der Waals surface area contributed by atoms with E-state index in [2.05, 4.69) is 39.7 Å². The number of amides is 2. The molecule has 6 atom stereocenters. The van der Waals surface area contributed by atoms with Gasteiger partial charge in [0.25, 0.3) is 7.82 Å². The first kappa shape index (κ1) is 28.0. The molecule has 4 rings (SSSR count). The van der Waals surface area contributed by atoms with Crippen molar-refractivity contribution in [3.05, 3.63) is 12.7 Å². The lowest BCUT2D eigenvalue weighted by Crippen LogP contribution is -2.36. The van der Waals surface area contributed by atoms with Crippen LogP contribution in [0.1, 0.15) is 31.9 Å². The predicted molar refractivity (Wildman–Crippen MR) is 122 cm³/mol. The molecule has 3 unspecified atom stereocenters. The van der Waals surface area contributed by atoms with E-state index in [9.17, 15) is 33.9 Å². The third-order valence-electron chi connectivity index (χ3n) is 5.87. The standard InChI is InChI=1S/C18H29N7O10P2/c1-19-9-36(29,30)35-37(31,32)33-6-11-13(26)14(27)17(34-11)25-8-22-12-15(20-7-21-16(12)25)24-18(28)23-10-4-2-3-5-10/h7-8,10-11,13-14,17,19,26-27H,2-6,9H2,1H3,(H,29,30)(H,31,32)(H2,20,21,23,24,28)/p-2/t11-,13?,14+,17-/m1/s1. The molecule has 2 aromatic rings. The van der Waals surface area contributed by atoms with Crippen LogP contribution >= 0.6 is 15.4 Å². The van der Waals surface area contributed by atoms with Gasteiger partial charge in [-0.1, -0.05) is 12.8 Å². The molecule has 206 valence electrons. The second-order valence-corrected chi connectivity index (χ2v) is 12.0. The number of nitrogens with zero attached hydrogens (tertiary/aromatic N) is 4. The summed E-state index contributed by atoms with van der Waals surface area (Å²) in [6.45, 7) is -0.842. The van der Waals surface area contributed by atoms with Gasteiger partial charge in [-0.15, -0.1) is 0 Å². The monoisotopic (exact) mass is 563 g/mol. The van der Waals surface area contributed by atoms with E-state index < -0.39 is 58.9 Å². The second kappa shape index (κ2) is 11.4. The van der Waals surface area contributed by atoms with E-state index in [0.29, 0.717) is 0 Å². The molecule has 17 nitrogen and oxygen atoms in total. The average Bonchev–Trinajstić information content (AvgIpc) is 3.53. The Labute approximate surface area is 210 Å². The van der Waals surface area contributed by atoms with Crippen molar-refractivity contribution in [1.29, 1.82) is 0 Å². The van der Waals surface area contributed by atoms with Crippen LogP contribution in [0.4, 0.5) is 10.6 Å². The number of hydrogen-bond acceptors (Lipinski definition) is 14. The van der Waals surface area contributed by atoms with Crippen molar-refractivity contribution in [1.82, 2.24) is 30.2 Å². The maximum absolute atomic E-state index is 12.4. The fourth-order valence-electron chi connectivity index (χ4n) is 4.19. The van der Waals surface area contributed by atoms with Gasteiger partial charge in [0.2, 0.25) is 0 Å². The number of ether oxygens (including phenoxy) is 1. The highest BCUT2D eigenvalue weighted by atomic mass is 31.3. The Hall–Kier alpha value is -2.04. The number of fused-ring (bicyclic) bond motifs is 1. The van der Waals surface area contributed by atoms with Crippen LogP contribution in [0.15, 0.2) is 12.7 Å². The van der Waals surface area contributed by atoms with E-state index >= 15 is 0 Å². The molecule has 0 spiro atoms. The number of urea groups is 1. The lowest BCUT2D eigenvalue weighted by Gasteiger charge is -2.31. The van der Waals surface area contributed by atoms with Crippen LogP contribution in [-0.2, 0) is 22.7 Å². The number of hydrogen-bond donors (Lipinski definition) is 5. The number of nitrogens with one attached hydrogen (secondary N) is 3. The molecule has 19 heteroatoms. The lowest BCUT2D eigenvalue weighted by atomic mass is 10.1. The number of carbonyl (C=O) groups excluding carboxylic acids is 1. The van der Waals surface area contributed by atoms with Crippen molar-refractivity contribution in [2.45, 2.75) is 56.3 Å². The Bertz CT molecular complexity index is 1210. The molecule has 37 heavy (non-hydrogen) atoms. The fourth-order valence-corrected chi connectivity index (χ4v) is 6.54. The lowest BCUT2D eigenvalue weighted by molar-refractivity contribution is -0.234. The zero-order valence-electron chi connectivity index (χ0n) is 19.6. The van der Waals surface area contributed by atoms with Crippen molar-refractivity contribution < 1.29 is 47.5 Å². The Balaban J connectivity index is 1.43. The number of carbonyl (C=O) groups is 1. The Morgan fingerprint density at radius 1 is 1.22 bits per heavy atom. The van der Waals surface area contributed by atoms with Crippen molar-refractivity contribution in [2.24, 2.45) is 0 Å². The Morgan fingerprint density at radius 3 is 2.65 bits per heavy atom.